The molecule has 1 aromatic heterocycles. The molecule has 0 spiro atoms. The summed E-state index contributed by atoms with van der Waals surface area (Å²) in [6, 6.07) is 9.19. The Morgan fingerprint density at radius 2 is 2.11 bits per heavy atom. The molecule has 1 atom stereocenters. The van der Waals surface area contributed by atoms with Gasteiger partial charge >= 0.3 is 0 Å². The van der Waals surface area contributed by atoms with Crippen LogP contribution in [0.5, 0.6) is 0 Å². The number of aliphatic hydroxyl groups excluding tert-OH is 1. The number of carbonyl (C=O) groups is 1. The maximum Gasteiger partial charge on any atom is 0.254 e. The van der Waals surface area contributed by atoms with Gasteiger partial charge in [0.2, 0.25) is 0 Å². The smallest absolute Gasteiger partial charge is 0.254 e. The number of hydrogen-bond acceptors (Lipinski definition) is 4. The van der Waals surface area contributed by atoms with Crippen LogP contribution in [-0.2, 0) is 0 Å². The summed E-state index contributed by atoms with van der Waals surface area (Å²) in [5.74, 6) is -0.256. The Bertz CT molecular complexity index is 522. The predicted octanol–water partition coefficient (Wildman–Crippen LogP) is 2.46. The maximum absolute atomic E-state index is 11.7. The second-order valence-corrected chi connectivity index (χ2v) is 4.89. The molecule has 0 fully saturated rings. The first-order chi connectivity index (χ1) is 9.20. The fourth-order valence-corrected chi connectivity index (χ4v) is 2.04. The van der Waals surface area contributed by atoms with Gasteiger partial charge in [-0.1, -0.05) is 12.1 Å². The van der Waals surface area contributed by atoms with E-state index in [2.05, 4.69) is 5.32 Å². The Hall–Kier alpha value is -1.72. The molecule has 0 saturated carbocycles. The monoisotopic (exact) mass is 277 g/mol. The third-order valence-electron chi connectivity index (χ3n) is 2.74. The van der Waals surface area contributed by atoms with Gasteiger partial charge in [-0.3, -0.25) is 4.79 Å². The molecule has 0 aliphatic rings. The van der Waals surface area contributed by atoms with E-state index in [4.69, 9.17) is 4.42 Å². The Morgan fingerprint density at radius 1 is 1.37 bits per heavy atom. The highest BCUT2D eigenvalue weighted by atomic mass is 32.2. The number of benzene rings is 1. The minimum absolute atomic E-state index is 0.169. The van der Waals surface area contributed by atoms with Gasteiger partial charge in [-0.25, -0.2) is 0 Å². The van der Waals surface area contributed by atoms with E-state index >= 15 is 0 Å². The van der Waals surface area contributed by atoms with Crippen LogP contribution in [0.2, 0.25) is 0 Å². The third kappa shape index (κ3) is 3.62. The van der Waals surface area contributed by atoms with Crippen molar-refractivity contribution in [3.63, 3.8) is 0 Å². The number of thioether (sulfide) groups is 1. The molecule has 0 aliphatic heterocycles. The van der Waals surface area contributed by atoms with Crippen LogP contribution in [0.1, 0.15) is 22.0 Å². The van der Waals surface area contributed by atoms with E-state index in [-0.39, 0.29) is 12.5 Å². The van der Waals surface area contributed by atoms with Crippen molar-refractivity contribution in [2.45, 2.75) is 11.0 Å². The predicted molar refractivity (Wildman–Crippen MR) is 74.2 cm³/mol. The van der Waals surface area contributed by atoms with Gasteiger partial charge in [0.1, 0.15) is 6.26 Å². The van der Waals surface area contributed by atoms with Crippen molar-refractivity contribution in [2.75, 3.05) is 12.8 Å². The van der Waals surface area contributed by atoms with Crippen LogP contribution in [0.3, 0.4) is 0 Å². The molecule has 0 radical (unpaired) electrons. The molecule has 5 heteroatoms. The highest BCUT2D eigenvalue weighted by Crippen LogP contribution is 2.18. The third-order valence-corrected chi connectivity index (χ3v) is 3.48. The zero-order valence-electron chi connectivity index (χ0n) is 10.5. The number of amides is 1. The summed E-state index contributed by atoms with van der Waals surface area (Å²) in [4.78, 5) is 12.8. The number of furan rings is 1. The lowest BCUT2D eigenvalue weighted by Crippen LogP contribution is -2.28. The molecule has 100 valence electrons. The molecule has 4 nitrogen and oxygen atoms in total. The zero-order chi connectivity index (χ0) is 13.7. The summed E-state index contributed by atoms with van der Waals surface area (Å²) in [5, 5.41) is 12.6. The molecule has 0 saturated heterocycles. The maximum atomic E-state index is 11.7. The summed E-state index contributed by atoms with van der Waals surface area (Å²) >= 11 is 1.64. The van der Waals surface area contributed by atoms with Crippen molar-refractivity contribution in [3.8, 4) is 0 Å². The van der Waals surface area contributed by atoms with Gasteiger partial charge in [-0.2, -0.15) is 0 Å². The van der Waals surface area contributed by atoms with Gasteiger partial charge in [0.25, 0.3) is 5.91 Å². The highest BCUT2D eigenvalue weighted by molar-refractivity contribution is 7.98. The van der Waals surface area contributed by atoms with E-state index in [1.807, 2.05) is 30.5 Å². The summed E-state index contributed by atoms with van der Waals surface area (Å²) < 4.78 is 4.83. The Balaban J connectivity index is 1.90. The number of aliphatic hydroxyl groups is 1. The van der Waals surface area contributed by atoms with Crippen LogP contribution in [0, 0.1) is 0 Å². The van der Waals surface area contributed by atoms with Crippen LogP contribution in [0.25, 0.3) is 0 Å². The summed E-state index contributed by atoms with van der Waals surface area (Å²) in [6.07, 6.45) is 4.09. The van der Waals surface area contributed by atoms with Crippen LogP contribution in [0.4, 0.5) is 0 Å². The van der Waals surface area contributed by atoms with E-state index in [9.17, 15) is 9.90 Å². The number of nitrogens with one attached hydrogen (secondary N) is 1. The van der Waals surface area contributed by atoms with Crippen LogP contribution in [-0.4, -0.2) is 23.8 Å². The molecule has 2 aromatic rings. The van der Waals surface area contributed by atoms with Gasteiger partial charge in [0.05, 0.1) is 17.9 Å². The highest BCUT2D eigenvalue weighted by Gasteiger charge is 2.11. The Kier molecular flexibility index (Phi) is 4.65. The summed E-state index contributed by atoms with van der Waals surface area (Å²) in [7, 11) is 0. The lowest BCUT2D eigenvalue weighted by molar-refractivity contribution is 0.0915. The van der Waals surface area contributed by atoms with Gasteiger partial charge in [-0.15, -0.1) is 11.8 Å². The zero-order valence-corrected chi connectivity index (χ0v) is 11.3. The first kappa shape index (κ1) is 13.7. The number of hydrogen-bond donors (Lipinski definition) is 2. The van der Waals surface area contributed by atoms with Crippen molar-refractivity contribution in [1.82, 2.24) is 5.32 Å². The van der Waals surface area contributed by atoms with Crippen LogP contribution in [0.15, 0.2) is 52.2 Å². The molecule has 0 unspecified atom stereocenters. The first-order valence-corrected chi connectivity index (χ1v) is 7.05. The van der Waals surface area contributed by atoms with Crippen LogP contribution >= 0.6 is 11.8 Å². The van der Waals surface area contributed by atoms with Gasteiger partial charge < -0.3 is 14.8 Å². The standard InChI is InChI=1S/C14H15NO3S/c1-19-12-4-2-10(3-5-12)13(16)8-15-14(17)11-6-7-18-9-11/h2-7,9,13,16H,8H2,1H3,(H,15,17)/t13-/m0/s1. The average molecular weight is 277 g/mol. The molecule has 0 aliphatic carbocycles. The molecule has 2 rings (SSSR count). The normalized spacial score (nSPS) is 12.1. The SMILES string of the molecule is CSc1ccc([C@@H](O)CNC(=O)c2ccoc2)cc1. The topological polar surface area (TPSA) is 62.5 Å². The van der Waals surface area contributed by atoms with Gasteiger partial charge in [-0.05, 0) is 30.0 Å². The van der Waals surface area contributed by atoms with E-state index in [0.717, 1.165) is 10.5 Å². The number of carbonyl (C=O) groups excluding carboxylic acids is 1. The quantitative estimate of drug-likeness (QED) is 0.824. The fraction of sp³-hybridized carbons (Fsp3) is 0.214. The molecule has 1 aromatic carbocycles. The molecule has 0 bridgehead atoms. The average Bonchev–Trinajstić information content (AvgIpc) is 2.98. The fourth-order valence-electron chi connectivity index (χ4n) is 1.63. The molecule has 1 heterocycles. The lowest BCUT2D eigenvalue weighted by Gasteiger charge is -2.12. The summed E-state index contributed by atoms with van der Waals surface area (Å²) in [6.45, 7) is 0.169. The van der Waals surface area contributed by atoms with Gasteiger partial charge in [0.15, 0.2) is 0 Å². The first-order valence-electron chi connectivity index (χ1n) is 5.83. The van der Waals surface area contributed by atoms with E-state index in [1.165, 1.54) is 12.5 Å². The molecular formula is C14H15NO3S. The Labute approximate surface area is 115 Å². The van der Waals surface area contributed by atoms with E-state index in [0.29, 0.717) is 5.56 Å². The minimum atomic E-state index is -0.716. The van der Waals surface area contributed by atoms with Gasteiger partial charge in [0, 0.05) is 11.4 Å². The van der Waals surface area contributed by atoms with Crippen molar-refractivity contribution in [1.29, 1.82) is 0 Å². The van der Waals surface area contributed by atoms with Crippen molar-refractivity contribution < 1.29 is 14.3 Å². The molecule has 2 N–H and O–H groups in total. The Morgan fingerprint density at radius 3 is 2.68 bits per heavy atom. The van der Waals surface area contributed by atoms with E-state index in [1.54, 1.807) is 17.8 Å². The van der Waals surface area contributed by atoms with Crippen molar-refractivity contribution in [3.05, 3.63) is 54.0 Å². The number of rotatable bonds is 5. The molecule has 19 heavy (non-hydrogen) atoms. The van der Waals surface area contributed by atoms with Crippen molar-refractivity contribution >= 4 is 17.7 Å². The summed E-state index contributed by atoms with van der Waals surface area (Å²) in [5.41, 5.74) is 1.23. The van der Waals surface area contributed by atoms with Crippen LogP contribution < -0.4 is 5.32 Å². The molecular weight excluding hydrogens is 262 g/mol. The second-order valence-electron chi connectivity index (χ2n) is 4.01. The second kappa shape index (κ2) is 6.45. The van der Waals surface area contributed by atoms with Crippen molar-refractivity contribution in [2.24, 2.45) is 0 Å². The van der Waals surface area contributed by atoms with E-state index < -0.39 is 6.10 Å². The molecule has 1 amide bonds. The largest absolute Gasteiger partial charge is 0.472 e. The lowest BCUT2D eigenvalue weighted by atomic mass is 10.1. The minimum Gasteiger partial charge on any atom is -0.472 e.